The number of rotatable bonds is 3. The quantitative estimate of drug-likeness (QED) is 0.798. The van der Waals surface area contributed by atoms with Crippen molar-refractivity contribution in [3.8, 4) is 5.69 Å². The average Bonchev–Trinajstić information content (AvgIpc) is 3.01. The van der Waals surface area contributed by atoms with Gasteiger partial charge in [-0.05, 0) is 48.9 Å². The SMILES string of the molecule is Cc1ccnc(NC(=O)c2ccc(-n3cnnc3)cc2)c1. The first-order valence-electron chi connectivity index (χ1n) is 6.41. The summed E-state index contributed by atoms with van der Waals surface area (Å²) >= 11 is 0. The van der Waals surface area contributed by atoms with Crippen LogP contribution in [0.3, 0.4) is 0 Å². The van der Waals surface area contributed by atoms with Gasteiger partial charge in [-0.25, -0.2) is 4.98 Å². The van der Waals surface area contributed by atoms with Gasteiger partial charge >= 0.3 is 0 Å². The minimum Gasteiger partial charge on any atom is -0.307 e. The van der Waals surface area contributed by atoms with E-state index in [1.165, 1.54) is 0 Å². The molecule has 6 nitrogen and oxygen atoms in total. The van der Waals surface area contributed by atoms with Crippen molar-refractivity contribution in [1.82, 2.24) is 19.7 Å². The summed E-state index contributed by atoms with van der Waals surface area (Å²) < 4.78 is 1.77. The molecule has 6 heteroatoms. The third-order valence-corrected chi connectivity index (χ3v) is 3.00. The maximum atomic E-state index is 12.1. The minimum absolute atomic E-state index is 0.191. The highest BCUT2D eigenvalue weighted by Gasteiger charge is 2.07. The van der Waals surface area contributed by atoms with Gasteiger partial charge in [0.15, 0.2) is 0 Å². The molecular weight excluding hydrogens is 266 g/mol. The van der Waals surface area contributed by atoms with E-state index >= 15 is 0 Å². The standard InChI is InChI=1S/C15H13N5O/c1-11-6-7-16-14(8-11)19-15(21)12-2-4-13(5-3-12)20-9-17-18-10-20/h2-10H,1H3,(H,16,19,21). The number of anilines is 1. The predicted molar refractivity (Wildman–Crippen MR) is 78.3 cm³/mol. The van der Waals surface area contributed by atoms with Crippen LogP contribution in [0.25, 0.3) is 5.69 Å². The Morgan fingerprint density at radius 1 is 1.10 bits per heavy atom. The van der Waals surface area contributed by atoms with Crippen LogP contribution in [-0.4, -0.2) is 25.7 Å². The number of nitrogens with one attached hydrogen (secondary N) is 1. The Bertz CT molecular complexity index is 750. The highest BCUT2D eigenvalue weighted by atomic mass is 16.1. The zero-order valence-electron chi connectivity index (χ0n) is 11.4. The van der Waals surface area contributed by atoms with Gasteiger partial charge in [-0.1, -0.05) is 0 Å². The molecule has 1 N–H and O–H groups in total. The molecule has 3 aromatic rings. The summed E-state index contributed by atoms with van der Waals surface area (Å²) in [5.74, 6) is 0.353. The zero-order valence-corrected chi connectivity index (χ0v) is 11.4. The van der Waals surface area contributed by atoms with Crippen molar-refractivity contribution in [2.45, 2.75) is 6.92 Å². The molecule has 0 aliphatic heterocycles. The van der Waals surface area contributed by atoms with E-state index in [1.807, 2.05) is 31.2 Å². The Morgan fingerprint density at radius 2 is 1.81 bits per heavy atom. The molecule has 0 aliphatic carbocycles. The monoisotopic (exact) mass is 279 g/mol. The van der Waals surface area contributed by atoms with Crippen LogP contribution in [0.5, 0.6) is 0 Å². The van der Waals surface area contributed by atoms with Gasteiger partial charge in [0.25, 0.3) is 5.91 Å². The lowest BCUT2D eigenvalue weighted by molar-refractivity contribution is 0.102. The fourth-order valence-electron chi connectivity index (χ4n) is 1.91. The summed E-state index contributed by atoms with van der Waals surface area (Å²) in [5, 5.41) is 10.3. The molecule has 0 saturated carbocycles. The van der Waals surface area contributed by atoms with Crippen molar-refractivity contribution in [1.29, 1.82) is 0 Å². The second-order valence-electron chi connectivity index (χ2n) is 4.59. The fourth-order valence-corrected chi connectivity index (χ4v) is 1.91. The Labute approximate surface area is 121 Å². The molecule has 0 radical (unpaired) electrons. The first-order valence-corrected chi connectivity index (χ1v) is 6.41. The van der Waals surface area contributed by atoms with Crippen LogP contribution in [0, 0.1) is 6.92 Å². The van der Waals surface area contributed by atoms with Crippen LogP contribution in [0.1, 0.15) is 15.9 Å². The summed E-state index contributed by atoms with van der Waals surface area (Å²) in [6.07, 6.45) is 4.87. The first kappa shape index (κ1) is 13.0. The number of carbonyl (C=O) groups excluding carboxylic acids is 1. The summed E-state index contributed by atoms with van der Waals surface area (Å²) in [4.78, 5) is 16.3. The number of aromatic nitrogens is 4. The van der Waals surface area contributed by atoms with Gasteiger partial charge in [0, 0.05) is 17.4 Å². The van der Waals surface area contributed by atoms with E-state index in [9.17, 15) is 4.79 Å². The molecule has 0 spiro atoms. The first-order chi connectivity index (χ1) is 10.2. The van der Waals surface area contributed by atoms with Gasteiger partial charge in [0.2, 0.25) is 0 Å². The topological polar surface area (TPSA) is 72.7 Å². The van der Waals surface area contributed by atoms with Crippen molar-refractivity contribution in [3.05, 3.63) is 66.4 Å². The van der Waals surface area contributed by atoms with Gasteiger partial charge in [0.05, 0.1) is 0 Å². The minimum atomic E-state index is -0.191. The molecule has 0 atom stereocenters. The molecule has 0 bridgehead atoms. The van der Waals surface area contributed by atoms with Crippen LogP contribution in [0.2, 0.25) is 0 Å². The van der Waals surface area contributed by atoms with Crippen molar-refractivity contribution < 1.29 is 4.79 Å². The number of pyridine rings is 1. The maximum absolute atomic E-state index is 12.1. The lowest BCUT2D eigenvalue weighted by Gasteiger charge is -2.06. The van der Waals surface area contributed by atoms with E-state index in [4.69, 9.17) is 0 Å². The van der Waals surface area contributed by atoms with E-state index in [-0.39, 0.29) is 5.91 Å². The molecule has 0 saturated heterocycles. The van der Waals surface area contributed by atoms with E-state index in [0.29, 0.717) is 11.4 Å². The van der Waals surface area contributed by atoms with Crippen LogP contribution in [-0.2, 0) is 0 Å². The number of hydrogen-bond acceptors (Lipinski definition) is 4. The summed E-state index contributed by atoms with van der Waals surface area (Å²) in [5.41, 5.74) is 2.50. The Balaban J connectivity index is 1.76. The van der Waals surface area contributed by atoms with Crippen molar-refractivity contribution in [2.24, 2.45) is 0 Å². The van der Waals surface area contributed by atoms with Gasteiger partial charge in [-0.2, -0.15) is 0 Å². The van der Waals surface area contributed by atoms with E-state index < -0.39 is 0 Å². The molecule has 2 aromatic heterocycles. The van der Waals surface area contributed by atoms with Gasteiger partial charge in [-0.3, -0.25) is 9.36 Å². The second kappa shape index (κ2) is 5.54. The van der Waals surface area contributed by atoms with Gasteiger partial charge < -0.3 is 5.32 Å². The van der Waals surface area contributed by atoms with Crippen molar-refractivity contribution in [3.63, 3.8) is 0 Å². The highest BCUT2D eigenvalue weighted by molar-refractivity contribution is 6.03. The van der Waals surface area contributed by atoms with Crippen LogP contribution < -0.4 is 5.32 Å². The van der Waals surface area contributed by atoms with E-state index in [1.54, 1.807) is 35.6 Å². The van der Waals surface area contributed by atoms with Crippen LogP contribution >= 0.6 is 0 Å². The van der Waals surface area contributed by atoms with E-state index in [0.717, 1.165) is 11.3 Å². The van der Waals surface area contributed by atoms with Crippen LogP contribution in [0.4, 0.5) is 5.82 Å². The lowest BCUT2D eigenvalue weighted by Crippen LogP contribution is -2.13. The number of carbonyl (C=O) groups is 1. The predicted octanol–water partition coefficient (Wildman–Crippen LogP) is 2.22. The molecule has 1 amide bonds. The van der Waals surface area contributed by atoms with Gasteiger partial charge in [-0.15, -0.1) is 10.2 Å². The molecule has 104 valence electrons. The third-order valence-electron chi connectivity index (χ3n) is 3.00. The Hall–Kier alpha value is -3.02. The maximum Gasteiger partial charge on any atom is 0.256 e. The van der Waals surface area contributed by atoms with Crippen LogP contribution in [0.15, 0.2) is 55.2 Å². The zero-order chi connectivity index (χ0) is 14.7. The second-order valence-corrected chi connectivity index (χ2v) is 4.59. The number of benzene rings is 1. The van der Waals surface area contributed by atoms with Gasteiger partial charge in [0.1, 0.15) is 18.5 Å². The molecule has 0 aliphatic rings. The summed E-state index contributed by atoms with van der Waals surface area (Å²) in [6.45, 7) is 1.95. The fraction of sp³-hybridized carbons (Fsp3) is 0.0667. The number of nitrogens with zero attached hydrogens (tertiary/aromatic N) is 4. The smallest absolute Gasteiger partial charge is 0.256 e. The molecule has 2 heterocycles. The molecule has 1 aromatic carbocycles. The number of amides is 1. The average molecular weight is 279 g/mol. The van der Waals surface area contributed by atoms with E-state index in [2.05, 4.69) is 20.5 Å². The molecule has 3 rings (SSSR count). The largest absolute Gasteiger partial charge is 0.307 e. The molecule has 0 fully saturated rings. The Morgan fingerprint density at radius 3 is 2.48 bits per heavy atom. The molecule has 0 unspecified atom stereocenters. The summed E-state index contributed by atoms with van der Waals surface area (Å²) in [6, 6.07) is 10.9. The third kappa shape index (κ3) is 2.94. The molecule has 21 heavy (non-hydrogen) atoms. The number of hydrogen-bond donors (Lipinski definition) is 1. The van der Waals surface area contributed by atoms with Crippen molar-refractivity contribution in [2.75, 3.05) is 5.32 Å². The summed E-state index contributed by atoms with van der Waals surface area (Å²) in [7, 11) is 0. The highest BCUT2D eigenvalue weighted by Crippen LogP contribution is 2.11. The Kier molecular flexibility index (Phi) is 3.42. The number of aryl methyl sites for hydroxylation is 1. The lowest BCUT2D eigenvalue weighted by atomic mass is 10.2. The van der Waals surface area contributed by atoms with Crippen molar-refractivity contribution >= 4 is 11.7 Å². The normalized spacial score (nSPS) is 10.3. The molecular formula is C15H13N5O.